The number of aromatic carboxylic acids is 1. The number of nitriles is 1. The Morgan fingerprint density at radius 2 is 2.00 bits per heavy atom. The molecule has 0 saturated carbocycles. The Morgan fingerprint density at radius 3 is 2.60 bits per heavy atom. The molecule has 0 fully saturated rings. The lowest BCUT2D eigenvalue weighted by atomic mass is 10.2. The molecule has 0 atom stereocenters. The van der Waals surface area contributed by atoms with E-state index in [1.807, 2.05) is 6.07 Å². The number of nitrogens with zero attached hydrogens (tertiary/aromatic N) is 3. The molecular weight excluding hydrogens is 391 g/mol. The molecule has 1 aromatic carbocycles. The average Bonchev–Trinajstić information content (AvgIpc) is 2.60. The van der Waals surface area contributed by atoms with Gasteiger partial charge in [0.25, 0.3) is 0 Å². The molecule has 0 radical (unpaired) electrons. The zero-order valence-electron chi connectivity index (χ0n) is 12.3. The highest BCUT2D eigenvalue weighted by Crippen LogP contribution is 2.36. The fourth-order valence-corrected chi connectivity index (χ4v) is 2.36. The molecule has 2 aromatic rings. The van der Waals surface area contributed by atoms with Gasteiger partial charge in [-0.15, -0.1) is 0 Å². The third-order valence-electron chi connectivity index (χ3n) is 2.81. The van der Waals surface area contributed by atoms with Crippen molar-refractivity contribution in [1.82, 2.24) is 4.98 Å². The van der Waals surface area contributed by atoms with E-state index in [0.717, 1.165) is 0 Å². The van der Waals surface area contributed by atoms with Crippen molar-refractivity contribution in [2.75, 3.05) is 12.0 Å². The predicted molar refractivity (Wildman–Crippen MR) is 95.0 cm³/mol. The molecule has 0 amide bonds. The van der Waals surface area contributed by atoms with Gasteiger partial charge in [-0.05, 0) is 29.8 Å². The lowest BCUT2D eigenvalue weighted by molar-refractivity contribution is 0.0691. The Labute approximate surface area is 157 Å². The number of halogens is 3. The Hall–Kier alpha value is -2.53. The normalized spacial score (nSPS) is 10.5. The molecule has 1 heterocycles. The summed E-state index contributed by atoms with van der Waals surface area (Å²) in [5.41, 5.74) is 2.87. The summed E-state index contributed by atoms with van der Waals surface area (Å²) < 4.78 is 5.13. The number of carbonyl (C=O) groups is 1. The number of ether oxygens (including phenoxy) is 1. The second kappa shape index (κ2) is 8.53. The molecule has 0 saturated heterocycles. The number of aromatic nitrogens is 1. The molecule has 2 N–H and O–H groups in total. The van der Waals surface area contributed by atoms with Crippen LogP contribution in [0.2, 0.25) is 15.2 Å². The van der Waals surface area contributed by atoms with E-state index in [9.17, 15) is 4.79 Å². The molecule has 0 bridgehead atoms. The zero-order valence-corrected chi connectivity index (χ0v) is 14.6. The van der Waals surface area contributed by atoms with Gasteiger partial charge < -0.3 is 9.84 Å². The van der Waals surface area contributed by atoms with E-state index in [-0.39, 0.29) is 27.5 Å². The molecule has 2 rings (SSSR count). The van der Waals surface area contributed by atoms with Crippen molar-refractivity contribution >= 4 is 52.7 Å². The Balaban J connectivity index is 2.17. The average molecular weight is 400 g/mol. The molecule has 0 aliphatic heterocycles. The summed E-state index contributed by atoms with van der Waals surface area (Å²) in [6.07, 6.45) is 1.45. The predicted octanol–water partition coefficient (Wildman–Crippen LogP) is 4.09. The molecule has 25 heavy (non-hydrogen) atoms. The monoisotopic (exact) mass is 398 g/mol. The maximum absolute atomic E-state index is 11.1. The van der Waals surface area contributed by atoms with Crippen LogP contribution in [0.15, 0.2) is 29.4 Å². The van der Waals surface area contributed by atoms with Crippen molar-refractivity contribution in [3.63, 3.8) is 0 Å². The summed E-state index contributed by atoms with van der Waals surface area (Å²) >= 11 is 17.7. The van der Waals surface area contributed by atoms with Crippen LogP contribution in [0.25, 0.3) is 0 Å². The number of hydrogen-bond acceptors (Lipinski definition) is 6. The summed E-state index contributed by atoms with van der Waals surface area (Å²) in [4.78, 5) is 14.7. The highest BCUT2D eigenvalue weighted by molar-refractivity contribution is 6.46. The van der Waals surface area contributed by atoms with Gasteiger partial charge in [-0.25, -0.2) is 9.78 Å². The first-order valence-corrected chi connectivity index (χ1v) is 7.74. The van der Waals surface area contributed by atoms with E-state index in [4.69, 9.17) is 49.9 Å². The number of nitrogens with one attached hydrogen (secondary N) is 1. The third-order valence-corrected chi connectivity index (χ3v) is 3.92. The highest BCUT2D eigenvalue weighted by atomic mass is 35.5. The maximum atomic E-state index is 11.1. The van der Waals surface area contributed by atoms with Crippen LogP contribution < -0.4 is 10.2 Å². The number of pyridine rings is 1. The second-order valence-electron chi connectivity index (χ2n) is 4.45. The standard InChI is InChI=1S/C15H9Cl3N4O3/c16-10-12(11(17)14(18)21-13(10)15(23)24)22-20-7-8-1-3-9(4-2-8)25-6-5-19/h1-4,7H,6H2,(H,21,22)(H,23,24)/b20-7-. The molecule has 0 spiro atoms. The van der Waals surface area contributed by atoms with Gasteiger partial charge in [0, 0.05) is 0 Å². The topological polar surface area (TPSA) is 108 Å². The van der Waals surface area contributed by atoms with E-state index in [1.165, 1.54) is 6.21 Å². The second-order valence-corrected chi connectivity index (χ2v) is 5.56. The van der Waals surface area contributed by atoms with Gasteiger partial charge in [0.15, 0.2) is 17.5 Å². The van der Waals surface area contributed by atoms with Gasteiger partial charge in [-0.1, -0.05) is 34.8 Å². The van der Waals surface area contributed by atoms with Crippen LogP contribution in [0, 0.1) is 11.3 Å². The van der Waals surface area contributed by atoms with E-state index in [2.05, 4.69) is 15.5 Å². The van der Waals surface area contributed by atoms with Crippen molar-refractivity contribution in [1.29, 1.82) is 5.26 Å². The highest BCUT2D eigenvalue weighted by Gasteiger charge is 2.20. The molecule has 0 unspecified atom stereocenters. The van der Waals surface area contributed by atoms with Crippen LogP contribution in [0.1, 0.15) is 16.1 Å². The molecule has 1 aromatic heterocycles. The first-order chi connectivity index (χ1) is 11.9. The Morgan fingerprint density at radius 1 is 1.32 bits per heavy atom. The smallest absolute Gasteiger partial charge is 0.356 e. The first-order valence-electron chi connectivity index (χ1n) is 6.60. The summed E-state index contributed by atoms with van der Waals surface area (Å²) in [5.74, 6) is -0.798. The fraction of sp³-hybridized carbons (Fsp3) is 0.0667. The van der Waals surface area contributed by atoms with Crippen LogP contribution >= 0.6 is 34.8 Å². The minimum absolute atomic E-state index is 0.0333. The fourth-order valence-electron chi connectivity index (χ4n) is 1.69. The summed E-state index contributed by atoms with van der Waals surface area (Å²) in [6.45, 7) is -0.0410. The van der Waals surface area contributed by atoms with Crippen molar-refractivity contribution in [3.8, 4) is 11.8 Å². The third kappa shape index (κ3) is 4.73. The van der Waals surface area contributed by atoms with E-state index >= 15 is 0 Å². The minimum atomic E-state index is -1.34. The number of hydrogen-bond donors (Lipinski definition) is 2. The van der Waals surface area contributed by atoms with Gasteiger partial charge in [0.05, 0.1) is 11.9 Å². The van der Waals surface area contributed by atoms with Gasteiger partial charge in [-0.2, -0.15) is 10.4 Å². The van der Waals surface area contributed by atoms with Crippen molar-refractivity contribution < 1.29 is 14.6 Å². The van der Waals surface area contributed by atoms with Crippen molar-refractivity contribution in [2.45, 2.75) is 0 Å². The Kier molecular flexibility index (Phi) is 6.42. The van der Waals surface area contributed by atoms with Crippen LogP contribution in [0.5, 0.6) is 5.75 Å². The first kappa shape index (κ1) is 18.8. The molecule has 7 nitrogen and oxygen atoms in total. The van der Waals surface area contributed by atoms with Crippen LogP contribution in [-0.2, 0) is 0 Å². The zero-order chi connectivity index (χ0) is 18.4. The van der Waals surface area contributed by atoms with Gasteiger partial charge in [-0.3, -0.25) is 5.43 Å². The lowest BCUT2D eigenvalue weighted by Gasteiger charge is -2.09. The van der Waals surface area contributed by atoms with Crippen molar-refractivity contribution in [3.05, 3.63) is 50.7 Å². The number of carboxylic acids is 1. The summed E-state index contributed by atoms with van der Waals surface area (Å²) in [6, 6.07) is 8.64. The van der Waals surface area contributed by atoms with Gasteiger partial charge >= 0.3 is 5.97 Å². The van der Waals surface area contributed by atoms with Crippen LogP contribution in [-0.4, -0.2) is 28.9 Å². The summed E-state index contributed by atoms with van der Waals surface area (Å²) in [7, 11) is 0. The quantitative estimate of drug-likeness (QED) is 0.430. The number of rotatable bonds is 6. The van der Waals surface area contributed by atoms with E-state index in [0.29, 0.717) is 11.3 Å². The van der Waals surface area contributed by atoms with Crippen molar-refractivity contribution in [2.24, 2.45) is 5.10 Å². The van der Waals surface area contributed by atoms with Crippen LogP contribution in [0.3, 0.4) is 0 Å². The SMILES string of the molecule is N#CCOc1ccc(/C=N\Nc2c(Cl)c(Cl)nc(C(=O)O)c2Cl)cc1. The molecule has 128 valence electrons. The number of anilines is 1. The van der Waals surface area contributed by atoms with Gasteiger partial charge in [0.1, 0.15) is 21.9 Å². The molecular formula is C15H9Cl3N4O3. The molecule has 10 heteroatoms. The molecule has 0 aliphatic rings. The Bertz CT molecular complexity index is 864. The van der Waals surface area contributed by atoms with E-state index in [1.54, 1.807) is 24.3 Å². The number of carboxylic acid groups (broad SMARTS) is 1. The largest absolute Gasteiger partial charge is 0.479 e. The summed E-state index contributed by atoms with van der Waals surface area (Å²) in [5, 5.41) is 21.0. The maximum Gasteiger partial charge on any atom is 0.356 e. The number of benzene rings is 1. The van der Waals surface area contributed by atoms with Crippen LogP contribution in [0.4, 0.5) is 5.69 Å². The minimum Gasteiger partial charge on any atom is -0.479 e. The number of hydrazone groups is 1. The molecule has 0 aliphatic carbocycles. The van der Waals surface area contributed by atoms with E-state index < -0.39 is 11.7 Å². The lowest BCUT2D eigenvalue weighted by Crippen LogP contribution is -2.05. The van der Waals surface area contributed by atoms with Gasteiger partial charge in [0.2, 0.25) is 0 Å².